The normalized spacial score (nSPS) is 11.3. The summed E-state index contributed by atoms with van der Waals surface area (Å²) in [5, 5.41) is 3.36. The quantitative estimate of drug-likeness (QED) is 0.807. The van der Waals surface area contributed by atoms with Crippen molar-refractivity contribution in [3.8, 4) is 0 Å². The van der Waals surface area contributed by atoms with Gasteiger partial charge in [0.25, 0.3) is 0 Å². The SMILES string of the molecule is CCCN(c1ncc(CNC(C)C)cn1)C(C)C. The van der Waals surface area contributed by atoms with Gasteiger partial charge in [0.1, 0.15) is 0 Å². The molecule has 0 amide bonds. The molecule has 102 valence electrons. The van der Waals surface area contributed by atoms with Crippen LogP contribution >= 0.6 is 0 Å². The molecular formula is C14H26N4. The molecule has 1 rings (SSSR count). The van der Waals surface area contributed by atoms with E-state index in [4.69, 9.17) is 0 Å². The molecule has 4 heteroatoms. The average molecular weight is 250 g/mol. The highest BCUT2D eigenvalue weighted by atomic mass is 15.3. The van der Waals surface area contributed by atoms with Crippen molar-refractivity contribution < 1.29 is 0 Å². The van der Waals surface area contributed by atoms with E-state index in [-0.39, 0.29) is 0 Å². The summed E-state index contributed by atoms with van der Waals surface area (Å²) < 4.78 is 0. The molecule has 0 saturated carbocycles. The van der Waals surface area contributed by atoms with Crippen LogP contribution in [0.25, 0.3) is 0 Å². The Morgan fingerprint density at radius 2 is 1.78 bits per heavy atom. The molecule has 0 spiro atoms. The van der Waals surface area contributed by atoms with E-state index in [0.29, 0.717) is 12.1 Å². The second-order valence-corrected chi connectivity index (χ2v) is 5.21. The van der Waals surface area contributed by atoms with Crippen molar-refractivity contribution in [2.75, 3.05) is 11.4 Å². The molecule has 0 aromatic carbocycles. The number of rotatable bonds is 7. The Kier molecular flexibility index (Phi) is 6.05. The third-order valence-corrected chi connectivity index (χ3v) is 2.75. The van der Waals surface area contributed by atoms with E-state index in [2.05, 4.69) is 54.8 Å². The van der Waals surface area contributed by atoms with Crippen LogP contribution in [-0.2, 0) is 6.54 Å². The summed E-state index contributed by atoms with van der Waals surface area (Å²) >= 11 is 0. The molecule has 1 aromatic rings. The van der Waals surface area contributed by atoms with Gasteiger partial charge in [-0.2, -0.15) is 0 Å². The Balaban J connectivity index is 2.68. The number of hydrogen-bond donors (Lipinski definition) is 1. The van der Waals surface area contributed by atoms with Gasteiger partial charge in [-0.25, -0.2) is 9.97 Å². The summed E-state index contributed by atoms with van der Waals surface area (Å²) in [7, 11) is 0. The monoisotopic (exact) mass is 250 g/mol. The lowest BCUT2D eigenvalue weighted by Crippen LogP contribution is -2.33. The van der Waals surface area contributed by atoms with Crippen LogP contribution in [0.5, 0.6) is 0 Å². The van der Waals surface area contributed by atoms with E-state index in [1.54, 1.807) is 0 Å². The van der Waals surface area contributed by atoms with Crippen LogP contribution in [0, 0.1) is 0 Å². The first-order chi connectivity index (χ1) is 8.54. The van der Waals surface area contributed by atoms with Crippen LogP contribution in [0.15, 0.2) is 12.4 Å². The molecule has 0 aliphatic carbocycles. The van der Waals surface area contributed by atoms with Gasteiger partial charge in [0.2, 0.25) is 5.95 Å². The number of nitrogens with one attached hydrogen (secondary N) is 1. The van der Waals surface area contributed by atoms with Gasteiger partial charge in [-0.15, -0.1) is 0 Å². The second-order valence-electron chi connectivity index (χ2n) is 5.21. The van der Waals surface area contributed by atoms with Crippen LogP contribution in [0.1, 0.15) is 46.6 Å². The lowest BCUT2D eigenvalue weighted by molar-refractivity contribution is 0.585. The molecule has 1 aromatic heterocycles. The van der Waals surface area contributed by atoms with Gasteiger partial charge in [-0.1, -0.05) is 20.8 Å². The van der Waals surface area contributed by atoms with Gasteiger partial charge < -0.3 is 10.2 Å². The largest absolute Gasteiger partial charge is 0.338 e. The predicted octanol–water partition coefficient (Wildman–Crippen LogP) is 2.60. The summed E-state index contributed by atoms with van der Waals surface area (Å²) in [6, 6.07) is 0.918. The molecule has 0 fully saturated rings. The minimum absolute atomic E-state index is 0.435. The second kappa shape index (κ2) is 7.31. The van der Waals surface area contributed by atoms with Gasteiger partial charge in [-0.05, 0) is 20.3 Å². The summed E-state index contributed by atoms with van der Waals surface area (Å²) in [4.78, 5) is 11.2. The van der Waals surface area contributed by atoms with Gasteiger partial charge >= 0.3 is 0 Å². The van der Waals surface area contributed by atoms with Crippen molar-refractivity contribution in [2.45, 2.75) is 59.7 Å². The Morgan fingerprint density at radius 3 is 2.22 bits per heavy atom. The Hall–Kier alpha value is -1.16. The van der Waals surface area contributed by atoms with E-state index in [1.807, 2.05) is 12.4 Å². The molecule has 0 radical (unpaired) electrons. The summed E-state index contributed by atoms with van der Waals surface area (Å²) in [6.45, 7) is 12.6. The molecule has 0 aliphatic rings. The Labute approximate surface area is 111 Å². The van der Waals surface area contributed by atoms with Gasteiger partial charge in [-0.3, -0.25) is 0 Å². The van der Waals surface area contributed by atoms with Crippen molar-refractivity contribution in [3.05, 3.63) is 18.0 Å². The minimum atomic E-state index is 0.435. The lowest BCUT2D eigenvalue weighted by atomic mass is 10.3. The average Bonchev–Trinajstić information content (AvgIpc) is 2.34. The van der Waals surface area contributed by atoms with Crippen molar-refractivity contribution in [2.24, 2.45) is 0 Å². The molecule has 1 heterocycles. The zero-order valence-electron chi connectivity index (χ0n) is 12.3. The molecule has 1 N–H and O–H groups in total. The highest BCUT2D eigenvalue weighted by molar-refractivity contribution is 5.30. The molecule has 0 unspecified atom stereocenters. The highest BCUT2D eigenvalue weighted by Crippen LogP contribution is 2.11. The van der Waals surface area contributed by atoms with E-state index >= 15 is 0 Å². The first-order valence-electron chi connectivity index (χ1n) is 6.85. The number of anilines is 1. The third kappa shape index (κ3) is 4.61. The third-order valence-electron chi connectivity index (χ3n) is 2.75. The number of hydrogen-bond acceptors (Lipinski definition) is 4. The molecule has 0 bridgehead atoms. The Bertz CT molecular complexity index is 332. The summed E-state index contributed by atoms with van der Waals surface area (Å²) in [6.07, 6.45) is 4.95. The van der Waals surface area contributed by atoms with Crippen molar-refractivity contribution >= 4 is 5.95 Å². The van der Waals surface area contributed by atoms with Crippen LogP contribution in [0.4, 0.5) is 5.95 Å². The molecular weight excluding hydrogens is 224 g/mol. The topological polar surface area (TPSA) is 41.1 Å². The van der Waals surface area contributed by atoms with Gasteiger partial charge in [0.15, 0.2) is 0 Å². The van der Waals surface area contributed by atoms with Crippen molar-refractivity contribution in [1.82, 2.24) is 15.3 Å². The zero-order chi connectivity index (χ0) is 13.5. The predicted molar refractivity (Wildman–Crippen MR) is 76.8 cm³/mol. The maximum absolute atomic E-state index is 4.47. The first kappa shape index (κ1) is 14.9. The van der Waals surface area contributed by atoms with Gasteiger partial charge in [0.05, 0.1) is 0 Å². The van der Waals surface area contributed by atoms with Crippen molar-refractivity contribution in [3.63, 3.8) is 0 Å². The number of nitrogens with zero attached hydrogens (tertiary/aromatic N) is 3. The maximum Gasteiger partial charge on any atom is 0.225 e. The molecule has 18 heavy (non-hydrogen) atoms. The zero-order valence-corrected chi connectivity index (χ0v) is 12.3. The highest BCUT2D eigenvalue weighted by Gasteiger charge is 2.11. The fourth-order valence-electron chi connectivity index (χ4n) is 1.74. The van der Waals surface area contributed by atoms with Gasteiger partial charge in [0, 0.05) is 43.1 Å². The fraction of sp³-hybridized carbons (Fsp3) is 0.714. The van der Waals surface area contributed by atoms with Crippen LogP contribution < -0.4 is 10.2 Å². The maximum atomic E-state index is 4.47. The van der Waals surface area contributed by atoms with Crippen LogP contribution in [0.3, 0.4) is 0 Å². The standard InChI is InChI=1S/C14H26N4/c1-6-7-18(12(4)5)14-16-9-13(10-17-14)8-15-11(2)3/h9-12,15H,6-8H2,1-5H3. The first-order valence-corrected chi connectivity index (χ1v) is 6.85. The van der Waals surface area contributed by atoms with E-state index in [1.165, 1.54) is 0 Å². The van der Waals surface area contributed by atoms with Crippen LogP contribution in [-0.4, -0.2) is 28.6 Å². The summed E-state index contributed by atoms with van der Waals surface area (Å²) in [5.74, 6) is 0.833. The Morgan fingerprint density at radius 1 is 1.17 bits per heavy atom. The number of aromatic nitrogens is 2. The van der Waals surface area contributed by atoms with E-state index in [9.17, 15) is 0 Å². The smallest absolute Gasteiger partial charge is 0.225 e. The lowest BCUT2D eigenvalue weighted by Gasteiger charge is -2.26. The van der Waals surface area contributed by atoms with Crippen LogP contribution in [0.2, 0.25) is 0 Å². The van der Waals surface area contributed by atoms with E-state index in [0.717, 1.165) is 31.0 Å². The molecule has 0 atom stereocenters. The fourth-order valence-corrected chi connectivity index (χ4v) is 1.74. The van der Waals surface area contributed by atoms with E-state index < -0.39 is 0 Å². The molecule has 0 aliphatic heterocycles. The summed E-state index contributed by atoms with van der Waals surface area (Å²) in [5.41, 5.74) is 1.13. The molecule has 0 saturated heterocycles. The molecule has 4 nitrogen and oxygen atoms in total. The van der Waals surface area contributed by atoms with Crippen molar-refractivity contribution in [1.29, 1.82) is 0 Å². The minimum Gasteiger partial charge on any atom is -0.338 e.